The second-order valence-electron chi connectivity index (χ2n) is 6.86. The van der Waals surface area contributed by atoms with Crippen molar-refractivity contribution in [1.29, 1.82) is 0 Å². The van der Waals surface area contributed by atoms with Crippen molar-refractivity contribution in [3.63, 3.8) is 0 Å². The molecule has 10 heteroatoms. The zero-order chi connectivity index (χ0) is 22.2. The van der Waals surface area contributed by atoms with E-state index >= 15 is 0 Å². The topological polar surface area (TPSA) is 125 Å². The molecule has 0 spiro atoms. The number of ether oxygens (including phenoxy) is 2. The van der Waals surface area contributed by atoms with Gasteiger partial charge in [0.1, 0.15) is 17.2 Å². The summed E-state index contributed by atoms with van der Waals surface area (Å²) in [5.41, 5.74) is 2.16. The molecule has 0 saturated heterocycles. The van der Waals surface area contributed by atoms with Crippen molar-refractivity contribution in [3.05, 3.63) is 65.0 Å². The van der Waals surface area contributed by atoms with Crippen LogP contribution in [0.25, 0.3) is 10.4 Å². The van der Waals surface area contributed by atoms with E-state index in [1.54, 1.807) is 6.07 Å². The zero-order valence-electron chi connectivity index (χ0n) is 16.3. The van der Waals surface area contributed by atoms with Crippen LogP contribution in [-0.4, -0.2) is 26.4 Å². The molecule has 3 N–H and O–H groups in total. The largest absolute Gasteiger partial charge is 0.488 e. The molecule has 0 bridgehead atoms. The van der Waals surface area contributed by atoms with Crippen LogP contribution < -0.4 is 15.2 Å². The van der Waals surface area contributed by atoms with Gasteiger partial charge in [0, 0.05) is 21.7 Å². The predicted molar refractivity (Wildman–Crippen MR) is 115 cm³/mol. The monoisotopic (exact) mass is 458 g/mol. The first kappa shape index (κ1) is 21.0. The molecule has 1 aliphatic rings. The van der Waals surface area contributed by atoms with Crippen molar-refractivity contribution in [3.8, 4) is 16.2 Å². The normalized spacial score (nSPS) is 13.4. The molecule has 31 heavy (non-hydrogen) atoms. The van der Waals surface area contributed by atoms with Gasteiger partial charge in [-0.25, -0.2) is 18.4 Å². The molecule has 160 valence electrons. The molecule has 1 unspecified atom stereocenters. The molecular weight excluding hydrogens is 440 g/mol. The quantitative estimate of drug-likeness (QED) is 0.566. The highest BCUT2D eigenvalue weighted by atomic mass is 32.2. The number of sulfonamides is 1. The lowest BCUT2D eigenvalue weighted by Gasteiger charge is -2.16. The number of nitrogens with one attached hydrogen (secondary N) is 1. The minimum absolute atomic E-state index is 0.0720. The standard InChI is InChI=1S/C21H18N2O6S2/c1-12(20(24)23-14-6-8-15(9-7-14)31(22,26)27)29-21(25)18-10-13-11-28-17-5-3-2-4-16(17)19(13)30-18/h2-10,12H,11H2,1H3,(H,23,24)(H2,22,26,27). The molecule has 1 aromatic heterocycles. The lowest BCUT2D eigenvalue weighted by atomic mass is 10.1. The molecule has 4 rings (SSSR count). The zero-order valence-corrected chi connectivity index (χ0v) is 18.0. The highest BCUT2D eigenvalue weighted by Gasteiger charge is 2.25. The molecular formula is C21H18N2O6S2. The number of hydrogen-bond donors (Lipinski definition) is 2. The Morgan fingerprint density at radius 1 is 1.16 bits per heavy atom. The fourth-order valence-corrected chi connectivity index (χ4v) is 4.64. The average Bonchev–Trinajstić information content (AvgIpc) is 3.18. The van der Waals surface area contributed by atoms with E-state index in [0.29, 0.717) is 17.2 Å². The van der Waals surface area contributed by atoms with Crippen LogP contribution in [-0.2, 0) is 26.2 Å². The van der Waals surface area contributed by atoms with Crippen LogP contribution in [0.5, 0.6) is 5.75 Å². The number of fused-ring (bicyclic) bond motifs is 3. The minimum Gasteiger partial charge on any atom is -0.488 e. The number of amides is 1. The van der Waals surface area contributed by atoms with Gasteiger partial charge < -0.3 is 14.8 Å². The summed E-state index contributed by atoms with van der Waals surface area (Å²) in [5, 5.41) is 7.62. The Morgan fingerprint density at radius 3 is 2.58 bits per heavy atom. The maximum atomic E-state index is 12.6. The molecule has 1 aliphatic heterocycles. The van der Waals surface area contributed by atoms with Gasteiger partial charge >= 0.3 is 5.97 Å². The number of carbonyl (C=O) groups excluding carboxylic acids is 2. The van der Waals surface area contributed by atoms with Gasteiger partial charge in [0.15, 0.2) is 6.10 Å². The van der Waals surface area contributed by atoms with Crippen LogP contribution in [0.4, 0.5) is 5.69 Å². The van der Waals surface area contributed by atoms with Crippen molar-refractivity contribution in [2.75, 3.05) is 5.32 Å². The summed E-state index contributed by atoms with van der Waals surface area (Å²) >= 11 is 1.29. The lowest BCUT2D eigenvalue weighted by Crippen LogP contribution is -2.29. The number of esters is 1. The number of primary sulfonamides is 1. The van der Waals surface area contributed by atoms with Crippen molar-refractivity contribution in [2.45, 2.75) is 24.5 Å². The third kappa shape index (κ3) is 4.46. The van der Waals surface area contributed by atoms with Gasteiger partial charge in [-0.15, -0.1) is 11.3 Å². The molecule has 0 radical (unpaired) electrons. The van der Waals surface area contributed by atoms with Gasteiger partial charge in [0.05, 0.1) is 4.90 Å². The molecule has 0 saturated carbocycles. The lowest BCUT2D eigenvalue weighted by molar-refractivity contribution is -0.123. The maximum Gasteiger partial charge on any atom is 0.349 e. The van der Waals surface area contributed by atoms with E-state index in [2.05, 4.69) is 5.32 Å². The molecule has 3 aromatic rings. The van der Waals surface area contributed by atoms with E-state index in [1.807, 2.05) is 24.3 Å². The first-order chi connectivity index (χ1) is 14.7. The molecule has 0 fully saturated rings. The Bertz CT molecular complexity index is 1270. The van der Waals surface area contributed by atoms with Crippen molar-refractivity contribution >= 4 is 38.9 Å². The van der Waals surface area contributed by atoms with Crippen LogP contribution >= 0.6 is 11.3 Å². The van der Waals surface area contributed by atoms with E-state index < -0.39 is 28.0 Å². The van der Waals surface area contributed by atoms with E-state index in [-0.39, 0.29) is 4.90 Å². The number of thiophene rings is 1. The van der Waals surface area contributed by atoms with Crippen molar-refractivity contribution < 1.29 is 27.5 Å². The van der Waals surface area contributed by atoms with E-state index in [4.69, 9.17) is 14.6 Å². The molecule has 1 amide bonds. The van der Waals surface area contributed by atoms with Crippen molar-refractivity contribution in [1.82, 2.24) is 0 Å². The third-order valence-corrected chi connectivity index (χ3v) is 6.75. The summed E-state index contributed by atoms with van der Waals surface area (Å²) < 4.78 is 33.6. The van der Waals surface area contributed by atoms with Gasteiger partial charge in [-0.3, -0.25) is 4.79 Å². The summed E-state index contributed by atoms with van der Waals surface area (Å²) in [5.74, 6) is -0.395. The van der Waals surface area contributed by atoms with Gasteiger partial charge in [-0.05, 0) is 49.4 Å². The number of para-hydroxylation sites is 1. The van der Waals surface area contributed by atoms with Crippen molar-refractivity contribution in [2.24, 2.45) is 5.14 Å². The summed E-state index contributed by atoms with van der Waals surface area (Å²) in [6.07, 6.45) is -1.06. The fourth-order valence-electron chi connectivity index (χ4n) is 3.04. The molecule has 8 nitrogen and oxygen atoms in total. The molecule has 2 aromatic carbocycles. The summed E-state index contributed by atoms with van der Waals surface area (Å²) in [6, 6.07) is 14.7. The maximum absolute atomic E-state index is 12.6. The highest BCUT2D eigenvalue weighted by Crippen LogP contribution is 2.42. The van der Waals surface area contributed by atoms with Crippen LogP contribution in [0.2, 0.25) is 0 Å². The van der Waals surface area contributed by atoms with E-state index in [0.717, 1.165) is 21.8 Å². The first-order valence-corrected chi connectivity index (χ1v) is 11.6. The number of nitrogens with two attached hydrogens (primary N) is 1. The second kappa shape index (κ2) is 8.14. The second-order valence-corrected chi connectivity index (χ2v) is 9.47. The molecule has 1 atom stereocenters. The SMILES string of the molecule is CC(OC(=O)c1cc2c(s1)-c1ccccc1OC2)C(=O)Nc1ccc(S(N)(=O)=O)cc1. The van der Waals surface area contributed by atoms with Gasteiger partial charge in [0.25, 0.3) is 5.91 Å². The fraction of sp³-hybridized carbons (Fsp3) is 0.143. The van der Waals surface area contributed by atoms with Crippen LogP contribution in [0, 0.1) is 0 Å². The van der Waals surface area contributed by atoms with Crippen LogP contribution in [0.3, 0.4) is 0 Å². The highest BCUT2D eigenvalue weighted by molar-refractivity contribution is 7.89. The number of carbonyl (C=O) groups is 2. The first-order valence-electron chi connectivity index (χ1n) is 9.22. The number of hydrogen-bond acceptors (Lipinski definition) is 7. The van der Waals surface area contributed by atoms with E-state index in [9.17, 15) is 18.0 Å². The van der Waals surface area contributed by atoms with Gasteiger partial charge in [-0.2, -0.15) is 0 Å². The van der Waals surface area contributed by atoms with Crippen LogP contribution in [0.15, 0.2) is 59.5 Å². The molecule has 0 aliphatic carbocycles. The summed E-state index contributed by atoms with van der Waals surface area (Å²) in [4.78, 5) is 26.2. The average molecular weight is 459 g/mol. The Labute approximate surface area is 182 Å². The summed E-state index contributed by atoms with van der Waals surface area (Å²) in [6.45, 7) is 1.82. The Kier molecular flexibility index (Phi) is 5.52. The van der Waals surface area contributed by atoms with Gasteiger partial charge in [0.2, 0.25) is 10.0 Å². The smallest absolute Gasteiger partial charge is 0.349 e. The van der Waals surface area contributed by atoms with Gasteiger partial charge in [-0.1, -0.05) is 12.1 Å². The van der Waals surface area contributed by atoms with E-state index in [1.165, 1.54) is 42.5 Å². The third-order valence-electron chi connectivity index (χ3n) is 4.63. The number of rotatable bonds is 5. The Hall–Kier alpha value is -3.21. The predicted octanol–water partition coefficient (Wildman–Crippen LogP) is 3.14. The molecule has 2 heterocycles. The minimum atomic E-state index is -3.82. The Balaban J connectivity index is 1.42. The summed E-state index contributed by atoms with van der Waals surface area (Å²) in [7, 11) is -3.82. The van der Waals surface area contributed by atoms with Crippen LogP contribution in [0.1, 0.15) is 22.2 Å². The Morgan fingerprint density at radius 2 is 1.87 bits per heavy atom. The number of benzene rings is 2. The number of anilines is 1.